The van der Waals surface area contributed by atoms with Gasteiger partial charge in [-0.2, -0.15) is 0 Å². The zero-order chi connectivity index (χ0) is 14.2. The minimum absolute atomic E-state index is 0. The lowest BCUT2D eigenvalue weighted by Crippen LogP contribution is -2.43. The molecule has 3 aliphatic rings. The average Bonchev–Trinajstić information content (AvgIpc) is 3.14. The summed E-state index contributed by atoms with van der Waals surface area (Å²) in [6, 6.07) is 0.316. The Labute approximate surface area is 134 Å². The summed E-state index contributed by atoms with van der Waals surface area (Å²) in [5, 5.41) is 0. The van der Waals surface area contributed by atoms with Gasteiger partial charge in [0.05, 0.1) is 5.41 Å². The van der Waals surface area contributed by atoms with Crippen molar-refractivity contribution in [1.29, 1.82) is 0 Å². The molecule has 2 N–H and O–H groups in total. The molecular formula is C16H29ClN2O2. The zero-order valence-electron chi connectivity index (χ0n) is 13.1. The van der Waals surface area contributed by atoms with Crippen LogP contribution in [0.2, 0.25) is 0 Å². The highest BCUT2D eigenvalue weighted by atomic mass is 35.5. The Kier molecular flexibility index (Phi) is 5.55. The van der Waals surface area contributed by atoms with E-state index in [1.807, 2.05) is 0 Å². The van der Waals surface area contributed by atoms with E-state index >= 15 is 0 Å². The Morgan fingerprint density at radius 1 is 1.29 bits per heavy atom. The molecule has 4 nitrogen and oxygen atoms in total. The summed E-state index contributed by atoms with van der Waals surface area (Å²) < 4.78 is 5.24. The fraction of sp³-hybridized carbons (Fsp3) is 0.938. The topological polar surface area (TPSA) is 55.6 Å². The van der Waals surface area contributed by atoms with E-state index < -0.39 is 0 Å². The fourth-order valence-corrected chi connectivity index (χ4v) is 4.73. The Morgan fingerprint density at radius 3 is 2.62 bits per heavy atom. The van der Waals surface area contributed by atoms with Crippen molar-refractivity contribution in [3.63, 3.8) is 0 Å². The van der Waals surface area contributed by atoms with Crippen LogP contribution in [0.25, 0.3) is 0 Å². The molecule has 0 radical (unpaired) electrons. The van der Waals surface area contributed by atoms with Crippen molar-refractivity contribution in [2.45, 2.75) is 51.0 Å². The average molecular weight is 317 g/mol. The van der Waals surface area contributed by atoms with Crippen molar-refractivity contribution in [2.24, 2.45) is 23.0 Å². The molecule has 0 spiro atoms. The number of hydrogen-bond donors (Lipinski definition) is 1. The molecular weight excluding hydrogens is 288 g/mol. The Balaban J connectivity index is 0.00000161. The number of hydrogen-bond acceptors (Lipinski definition) is 3. The minimum Gasteiger partial charge on any atom is -0.385 e. The van der Waals surface area contributed by atoms with Crippen molar-refractivity contribution < 1.29 is 9.53 Å². The van der Waals surface area contributed by atoms with E-state index in [0.717, 1.165) is 38.8 Å². The highest BCUT2D eigenvalue weighted by Crippen LogP contribution is 2.45. The maximum atomic E-state index is 13.0. The van der Waals surface area contributed by atoms with E-state index in [0.29, 0.717) is 30.4 Å². The summed E-state index contributed by atoms with van der Waals surface area (Å²) in [4.78, 5) is 15.2. The van der Waals surface area contributed by atoms with Crippen molar-refractivity contribution in [2.75, 3.05) is 26.8 Å². The second-order valence-corrected chi connectivity index (χ2v) is 7.11. The fourth-order valence-electron chi connectivity index (χ4n) is 4.73. The number of nitrogens with two attached hydrogens (primary N) is 1. The van der Waals surface area contributed by atoms with Crippen LogP contribution in [0.15, 0.2) is 0 Å². The van der Waals surface area contributed by atoms with Gasteiger partial charge in [0.2, 0.25) is 5.91 Å². The summed E-state index contributed by atoms with van der Waals surface area (Å²) in [5.74, 6) is 1.61. The monoisotopic (exact) mass is 316 g/mol. The number of methoxy groups -OCH3 is 1. The molecule has 2 saturated carbocycles. The molecule has 1 amide bonds. The van der Waals surface area contributed by atoms with E-state index in [1.54, 1.807) is 7.11 Å². The number of rotatable bonds is 4. The van der Waals surface area contributed by atoms with Crippen LogP contribution in [0.1, 0.15) is 44.9 Å². The predicted molar refractivity (Wildman–Crippen MR) is 85.4 cm³/mol. The van der Waals surface area contributed by atoms with E-state index in [4.69, 9.17) is 10.5 Å². The highest BCUT2D eigenvalue weighted by molar-refractivity contribution is 5.85. The van der Waals surface area contributed by atoms with Gasteiger partial charge in [-0.05, 0) is 43.9 Å². The summed E-state index contributed by atoms with van der Waals surface area (Å²) >= 11 is 0. The van der Waals surface area contributed by atoms with Gasteiger partial charge in [0.1, 0.15) is 0 Å². The molecule has 3 atom stereocenters. The van der Waals surface area contributed by atoms with Crippen LogP contribution in [0.5, 0.6) is 0 Å². The Hall–Kier alpha value is -0.320. The van der Waals surface area contributed by atoms with E-state index in [9.17, 15) is 4.79 Å². The molecule has 1 saturated heterocycles. The van der Waals surface area contributed by atoms with Gasteiger partial charge >= 0.3 is 0 Å². The molecule has 0 aromatic rings. The number of likely N-dealkylation sites (tertiary alicyclic amines) is 1. The first kappa shape index (κ1) is 17.0. The molecule has 0 bridgehead atoms. The van der Waals surface area contributed by atoms with E-state index in [-0.39, 0.29) is 17.8 Å². The van der Waals surface area contributed by atoms with Crippen molar-refractivity contribution >= 4 is 18.3 Å². The number of nitrogens with zero attached hydrogens (tertiary/aromatic N) is 1. The van der Waals surface area contributed by atoms with Gasteiger partial charge in [-0.1, -0.05) is 12.8 Å². The van der Waals surface area contributed by atoms with Crippen LogP contribution >= 0.6 is 12.4 Å². The summed E-state index contributed by atoms with van der Waals surface area (Å²) in [7, 11) is 1.73. The molecule has 3 rings (SSSR count). The van der Waals surface area contributed by atoms with Crippen molar-refractivity contribution in [1.82, 2.24) is 4.90 Å². The number of ether oxygens (including phenoxy) is 1. The summed E-state index contributed by atoms with van der Waals surface area (Å²) in [5.41, 5.74) is 6.06. The molecule has 0 aromatic heterocycles. The maximum absolute atomic E-state index is 13.0. The van der Waals surface area contributed by atoms with Crippen LogP contribution in [-0.2, 0) is 9.53 Å². The molecule has 3 unspecified atom stereocenters. The second-order valence-electron chi connectivity index (χ2n) is 7.11. The smallest absolute Gasteiger partial charge is 0.228 e. The largest absolute Gasteiger partial charge is 0.385 e. The van der Waals surface area contributed by atoms with Crippen LogP contribution < -0.4 is 5.73 Å². The number of halogens is 1. The summed E-state index contributed by atoms with van der Waals surface area (Å²) in [6.45, 7) is 2.55. The van der Waals surface area contributed by atoms with Gasteiger partial charge < -0.3 is 15.4 Å². The molecule has 0 aromatic carbocycles. The number of amides is 1. The standard InChI is InChI=1S/C16H28N2O2.ClH/c1-20-9-8-16(6-2-3-7-16)15(19)18-10-12-4-5-14(17)13(12)11-18;/h12-14H,2-11,17H2,1H3;1H. The maximum Gasteiger partial charge on any atom is 0.228 e. The third-order valence-electron chi connectivity index (χ3n) is 6.00. The van der Waals surface area contributed by atoms with Crippen LogP contribution in [0, 0.1) is 17.3 Å². The quantitative estimate of drug-likeness (QED) is 0.865. The first-order valence-corrected chi connectivity index (χ1v) is 8.20. The number of carbonyl (C=O) groups excluding carboxylic acids is 1. The van der Waals surface area contributed by atoms with Crippen molar-refractivity contribution in [3.05, 3.63) is 0 Å². The number of fused-ring (bicyclic) bond motifs is 1. The zero-order valence-corrected chi connectivity index (χ0v) is 13.9. The molecule has 1 heterocycles. The molecule has 122 valence electrons. The van der Waals surface area contributed by atoms with Crippen molar-refractivity contribution in [3.8, 4) is 0 Å². The van der Waals surface area contributed by atoms with Gasteiger partial charge in [-0.15, -0.1) is 12.4 Å². The Morgan fingerprint density at radius 2 is 2.00 bits per heavy atom. The third-order valence-corrected chi connectivity index (χ3v) is 6.00. The van der Waals surface area contributed by atoms with Gasteiger partial charge in [0.15, 0.2) is 0 Å². The van der Waals surface area contributed by atoms with Gasteiger partial charge in [-0.25, -0.2) is 0 Å². The summed E-state index contributed by atoms with van der Waals surface area (Å²) in [6.07, 6.45) is 7.72. The SMILES string of the molecule is COCCC1(C(=O)N2CC3CCC(N)C3C2)CCCC1.Cl. The lowest BCUT2D eigenvalue weighted by Gasteiger charge is -2.33. The molecule has 3 fully saturated rings. The van der Waals surface area contributed by atoms with E-state index in [2.05, 4.69) is 4.90 Å². The van der Waals surface area contributed by atoms with Crippen LogP contribution in [-0.4, -0.2) is 43.7 Å². The molecule has 5 heteroatoms. The minimum atomic E-state index is -0.126. The van der Waals surface area contributed by atoms with Gasteiger partial charge in [0.25, 0.3) is 0 Å². The number of carbonyl (C=O) groups is 1. The third kappa shape index (κ3) is 3.08. The van der Waals surface area contributed by atoms with Crippen LogP contribution in [0.3, 0.4) is 0 Å². The predicted octanol–water partition coefficient (Wildman–Crippen LogP) is 2.20. The molecule has 21 heavy (non-hydrogen) atoms. The van der Waals surface area contributed by atoms with E-state index in [1.165, 1.54) is 19.3 Å². The first-order valence-electron chi connectivity index (χ1n) is 8.20. The molecule has 1 aliphatic heterocycles. The first-order chi connectivity index (χ1) is 9.66. The van der Waals surface area contributed by atoms with Gasteiger partial charge in [0, 0.05) is 32.8 Å². The lowest BCUT2D eigenvalue weighted by molar-refractivity contribution is -0.142. The second kappa shape index (κ2) is 6.84. The van der Waals surface area contributed by atoms with Crippen LogP contribution in [0.4, 0.5) is 0 Å². The normalized spacial score (nSPS) is 33.8. The van der Waals surface area contributed by atoms with Gasteiger partial charge in [-0.3, -0.25) is 4.79 Å². The Bertz CT molecular complexity index is 371. The highest BCUT2D eigenvalue weighted by Gasteiger charge is 2.48. The lowest BCUT2D eigenvalue weighted by atomic mass is 9.81. The molecule has 2 aliphatic carbocycles.